The molecule has 0 spiro atoms. The third-order valence-corrected chi connectivity index (χ3v) is 8.64. The summed E-state index contributed by atoms with van der Waals surface area (Å²) in [6.45, 7) is 8.74. The van der Waals surface area contributed by atoms with E-state index in [-0.39, 0.29) is 29.2 Å². The van der Waals surface area contributed by atoms with E-state index in [1.807, 2.05) is 31.7 Å². The molecule has 2 amide bonds. The lowest BCUT2D eigenvalue weighted by molar-refractivity contribution is -0.124. The Hall–Kier alpha value is -3.18. The van der Waals surface area contributed by atoms with E-state index in [2.05, 4.69) is 23.7 Å². The molecule has 0 radical (unpaired) electrons. The van der Waals surface area contributed by atoms with Crippen LogP contribution in [-0.4, -0.2) is 46.5 Å². The average molecular weight is 534 g/mol. The second kappa shape index (κ2) is 10.5. The zero-order chi connectivity index (χ0) is 27.0. The van der Waals surface area contributed by atoms with Gasteiger partial charge in [0.1, 0.15) is 4.88 Å². The van der Waals surface area contributed by atoms with Crippen molar-refractivity contribution in [3.63, 3.8) is 0 Å². The number of ether oxygens (including phenoxy) is 1. The van der Waals surface area contributed by atoms with Crippen LogP contribution < -0.4 is 4.90 Å². The molecule has 2 atom stereocenters. The van der Waals surface area contributed by atoms with Gasteiger partial charge in [0, 0.05) is 42.7 Å². The molecule has 2 fully saturated rings. The summed E-state index contributed by atoms with van der Waals surface area (Å²) < 4.78 is 5.96. The number of likely N-dealkylation sites (tertiary alicyclic amines) is 1. The van der Waals surface area contributed by atoms with Crippen molar-refractivity contribution in [2.45, 2.75) is 78.5 Å². The Morgan fingerprint density at radius 1 is 1.16 bits per heavy atom. The molecule has 1 saturated heterocycles. The van der Waals surface area contributed by atoms with Crippen LogP contribution in [0, 0.1) is 29.1 Å². The fourth-order valence-corrected chi connectivity index (χ4v) is 6.42. The van der Waals surface area contributed by atoms with Gasteiger partial charge in [-0.15, -0.1) is 11.3 Å². The number of pyridine rings is 1. The fourth-order valence-electron chi connectivity index (χ4n) is 5.54. The molecule has 7 nitrogen and oxygen atoms in total. The Bertz CT molecular complexity index is 1280. The number of carbonyl (C=O) groups is 3. The molecule has 2 aliphatic heterocycles. The highest BCUT2D eigenvalue weighted by Crippen LogP contribution is 2.41. The third kappa shape index (κ3) is 5.49. The van der Waals surface area contributed by atoms with Gasteiger partial charge in [0.25, 0.3) is 5.91 Å². The highest BCUT2D eigenvalue weighted by Gasteiger charge is 2.44. The van der Waals surface area contributed by atoms with Crippen molar-refractivity contribution in [2.24, 2.45) is 17.3 Å². The maximum absolute atomic E-state index is 14.1. The number of fused-ring (bicyclic) bond motifs is 3. The monoisotopic (exact) mass is 533 g/mol. The SMILES string of the molecule is CC1CCC(C(=O)N2c3cc(C#CC(C)(C)C)sc3C(=O)OC3CC2CCN3C(=O)c2cccnc2)CC1. The molecule has 1 saturated carbocycles. The van der Waals surface area contributed by atoms with Gasteiger partial charge in [-0.25, -0.2) is 4.79 Å². The highest BCUT2D eigenvalue weighted by atomic mass is 32.1. The lowest BCUT2D eigenvalue weighted by atomic mass is 9.81. The first-order valence-electron chi connectivity index (χ1n) is 13.5. The number of rotatable bonds is 2. The molecular formula is C30H35N3O4S. The molecule has 38 heavy (non-hydrogen) atoms. The number of nitrogens with zero attached hydrogens (tertiary/aromatic N) is 3. The number of hydrogen-bond donors (Lipinski definition) is 0. The minimum Gasteiger partial charge on any atom is -0.437 e. The quantitative estimate of drug-likeness (QED) is 0.376. The van der Waals surface area contributed by atoms with E-state index >= 15 is 0 Å². The lowest BCUT2D eigenvalue weighted by Crippen LogP contribution is -2.57. The van der Waals surface area contributed by atoms with Crippen molar-refractivity contribution < 1.29 is 19.1 Å². The van der Waals surface area contributed by atoms with Crippen LogP contribution in [0.1, 0.15) is 91.1 Å². The number of anilines is 1. The number of carbonyl (C=O) groups excluding carboxylic acids is 3. The lowest BCUT2D eigenvalue weighted by Gasteiger charge is -2.45. The van der Waals surface area contributed by atoms with Gasteiger partial charge in [0.05, 0.1) is 16.1 Å². The zero-order valence-corrected chi connectivity index (χ0v) is 23.3. The van der Waals surface area contributed by atoms with E-state index in [9.17, 15) is 14.4 Å². The standard InChI is InChI=1S/C30H35N3O4S/c1-19-7-9-20(10-8-19)28(35)33-22-12-15-32(27(34)21-6-5-14-31-18-21)25(16-22)37-29(36)26-24(33)17-23(38-26)11-13-30(2,3)4/h5-6,14,17-20,22,25H,7-10,12,15-16H2,1-4H3. The molecule has 1 aliphatic carbocycles. The summed E-state index contributed by atoms with van der Waals surface area (Å²) in [5, 5.41) is 0. The van der Waals surface area contributed by atoms with Crippen molar-refractivity contribution in [1.29, 1.82) is 0 Å². The van der Waals surface area contributed by atoms with Crippen LogP contribution >= 0.6 is 11.3 Å². The van der Waals surface area contributed by atoms with Gasteiger partial charge in [0.2, 0.25) is 5.91 Å². The maximum atomic E-state index is 14.1. The molecule has 2 bridgehead atoms. The van der Waals surface area contributed by atoms with Crippen molar-refractivity contribution in [3.8, 4) is 11.8 Å². The first-order valence-corrected chi connectivity index (χ1v) is 14.3. The fraction of sp³-hybridized carbons (Fsp3) is 0.533. The second-order valence-electron chi connectivity index (χ2n) is 11.8. The van der Waals surface area contributed by atoms with E-state index in [4.69, 9.17) is 4.74 Å². The van der Waals surface area contributed by atoms with Crippen LogP contribution in [0.15, 0.2) is 30.6 Å². The Kier molecular flexibility index (Phi) is 7.32. The van der Waals surface area contributed by atoms with E-state index in [1.54, 1.807) is 23.2 Å². The topological polar surface area (TPSA) is 79.8 Å². The van der Waals surface area contributed by atoms with Gasteiger partial charge in [-0.2, -0.15) is 0 Å². The number of hydrogen-bond acceptors (Lipinski definition) is 6. The largest absolute Gasteiger partial charge is 0.437 e. The molecule has 200 valence electrons. The van der Waals surface area contributed by atoms with E-state index < -0.39 is 12.2 Å². The van der Waals surface area contributed by atoms with E-state index in [1.165, 1.54) is 17.5 Å². The Balaban J connectivity index is 1.52. The predicted molar refractivity (Wildman–Crippen MR) is 147 cm³/mol. The first kappa shape index (κ1) is 26.4. The van der Waals surface area contributed by atoms with E-state index in [0.29, 0.717) is 41.4 Å². The van der Waals surface area contributed by atoms with Crippen LogP contribution in [0.5, 0.6) is 0 Å². The Morgan fingerprint density at radius 3 is 2.61 bits per heavy atom. The van der Waals surface area contributed by atoms with Gasteiger partial charge >= 0.3 is 5.97 Å². The molecule has 2 aromatic heterocycles. The molecule has 3 aliphatic rings. The number of amides is 2. The Morgan fingerprint density at radius 2 is 1.92 bits per heavy atom. The smallest absolute Gasteiger partial charge is 0.352 e. The summed E-state index contributed by atoms with van der Waals surface area (Å²) in [7, 11) is 0. The summed E-state index contributed by atoms with van der Waals surface area (Å²) in [4.78, 5) is 49.6. The zero-order valence-electron chi connectivity index (χ0n) is 22.5. The predicted octanol–water partition coefficient (Wildman–Crippen LogP) is 5.50. The molecule has 0 N–H and O–H groups in total. The summed E-state index contributed by atoms with van der Waals surface area (Å²) in [6.07, 6.45) is 7.16. The molecule has 2 unspecified atom stereocenters. The molecule has 0 aromatic carbocycles. The van der Waals surface area contributed by atoms with E-state index in [0.717, 1.165) is 30.6 Å². The molecule has 2 aromatic rings. The van der Waals surface area contributed by atoms with Crippen LogP contribution in [0.25, 0.3) is 0 Å². The van der Waals surface area contributed by atoms with Crippen molar-refractivity contribution in [2.75, 3.05) is 11.4 Å². The summed E-state index contributed by atoms with van der Waals surface area (Å²) in [5.74, 6) is 6.35. The number of aromatic nitrogens is 1. The summed E-state index contributed by atoms with van der Waals surface area (Å²) >= 11 is 1.26. The van der Waals surface area contributed by atoms with Crippen LogP contribution in [0.3, 0.4) is 0 Å². The normalized spacial score (nSPS) is 25.3. The van der Waals surface area contributed by atoms with Crippen LogP contribution in [-0.2, 0) is 9.53 Å². The minimum atomic E-state index is -0.755. The van der Waals surface area contributed by atoms with Gasteiger partial charge in [-0.1, -0.05) is 18.8 Å². The molecular weight excluding hydrogens is 498 g/mol. The van der Waals surface area contributed by atoms with Crippen molar-refractivity contribution in [1.82, 2.24) is 9.88 Å². The summed E-state index contributed by atoms with van der Waals surface area (Å²) in [5.41, 5.74) is 0.860. The van der Waals surface area contributed by atoms with Gasteiger partial charge in [0.15, 0.2) is 6.23 Å². The van der Waals surface area contributed by atoms with Gasteiger partial charge in [-0.3, -0.25) is 14.6 Å². The number of esters is 1. The Labute approximate surface area is 228 Å². The van der Waals surface area contributed by atoms with Crippen molar-refractivity contribution in [3.05, 3.63) is 45.9 Å². The highest BCUT2D eigenvalue weighted by molar-refractivity contribution is 7.15. The van der Waals surface area contributed by atoms with Crippen LogP contribution in [0.4, 0.5) is 5.69 Å². The third-order valence-electron chi connectivity index (χ3n) is 7.62. The van der Waals surface area contributed by atoms with Crippen LogP contribution in [0.2, 0.25) is 0 Å². The maximum Gasteiger partial charge on any atom is 0.352 e. The van der Waals surface area contributed by atoms with Gasteiger partial charge < -0.3 is 14.5 Å². The number of piperidine rings is 1. The van der Waals surface area contributed by atoms with Gasteiger partial charge in [-0.05, 0) is 77.0 Å². The molecule has 5 rings (SSSR count). The molecule has 8 heteroatoms. The summed E-state index contributed by atoms with van der Waals surface area (Å²) in [6, 6.07) is 5.14. The number of thiophene rings is 1. The minimum absolute atomic E-state index is 0.0630. The first-order chi connectivity index (χ1) is 18.1. The molecule has 4 heterocycles. The average Bonchev–Trinajstić information content (AvgIpc) is 3.31. The van der Waals surface area contributed by atoms with Crippen molar-refractivity contribution >= 4 is 34.8 Å². The second-order valence-corrected chi connectivity index (χ2v) is 12.8.